The molecule has 2 N–H and O–H groups in total. The molecule has 1 spiro atoms. The Hall–Kier alpha value is -2.67. The monoisotopic (exact) mass is 423 g/mol. The van der Waals surface area contributed by atoms with Crippen LogP contribution in [0.15, 0.2) is 47.6 Å². The number of hydrogen-bond donors (Lipinski definition) is 2. The summed E-state index contributed by atoms with van der Waals surface area (Å²) in [5, 5.41) is 3.65. The summed E-state index contributed by atoms with van der Waals surface area (Å²) >= 11 is 0. The van der Waals surface area contributed by atoms with Crippen LogP contribution in [0.3, 0.4) is 0 Å². The quantitative estimate of drug-likeness (QED) is 0.764. The topological polar surface area (TPSA) is 63.7 Å². The Kier molecular flexibility index (Phi) is 5.52. The lowest BCUT2D eigenvalue weighted by Crippen LogP contribution is -2.62. The van der Waals surface area contributed by atoms with Gasteiger partial charge in [0.15, 0.2) is 0 Å². The molecule has 6 nitrogen and oxygen atoms in total. The van der Waals surface area contributed by atoms with Gasteiger partial charge in [-0.05, 0) is 56.0 Å². The Bertz CT molecular complexity index is 943. The van der Waals surface area contributed by atoms with Crippen molar-refractivity contribution in [1.82, 2.24) is 15.2 Å². The van der Waals surface area contributed by atoms with E-state index in [4.69, 9.17) is 0 Å². The van der Waals surface area contributed by atoms with Crippen molar-refractivity contribution in [3.63, 3.8) is 0 Å². The number of carbonyl (C=O) groups excluding carboxylic acids is 1. The lowest BCUT2D eigenvalue weighted by atomic mass is 9.83. The standard InChI is InChI=1S/C24H30FN5O/c25-18-6-4-10-21(16-18)30-23(31)28-22(27-19-7-2-1-3-8-19)24(30)11-14-29(15-12-24)17-20-9-5-13-26-20/h4-6,9-10,13,16,19,26H,1-3,7-8,11-12,14-15,17H2,(H,27,28,31). The number of nitrogens with zero attached hydrogens (tertiary/aromatic N) is 3. The number of aliphatic imine (C=N–C) groups is 1. The van der Waals surface area contributed by atoms with E-state index in [1.54, 1.807) is 11.0 Å². The highest BCUT2D eigenvalue weighted by Gasteiger charge is 2.52. The second-order valence-electron chi connectivity index (χ2n) is 9.04. The molecule has 1 saturated carbocycles. The number of aromatic nitrogens is 1. The van der Waals surface area contributed by atoms with Crippen LogP contribution in [0, 0.1) is 5.82 Å². The van der Waals surface area contributed by atoms with Crippen molar-refractivity contribution in [3.05, 3.63) is 54.1 Å². The summed E-state index contributed by atoms with van der Waals surface area (Å²) in [5.41, 5.74) is 1.25. The van der Waals surface area contributed by atoms with Gasteiger partial charge in [0, 0.05) is 43.3 Å². The maximum atomic E-state index is 14.0. The van der Waals surface area contributed by atoms with Gasteiger partial charge in [0.25, 0.3) is 0 Å². The Labute approximate surface area is 182 Å². The van der Waals surface area contributed by atoms with Crippen LogP contribution in [0.5, 0.6) is 0 Å². The van der Waals surface area contributed by atoms with E-state index in [9.17, 15) is 9.18 Å². The first-order valence-corrected chi connectivity index (χ1v) is 11.4. The minimum absolute atomic E-state index is 0.290. The summed E-state index contributed by atoms with van der Waals surface area (Å²) in [4.78, 5) is 25.0. The normalized spacial score (nSPS) is 22.2. The van der Waals surface area contributed by atoms with E-state index in [-0.39, 0.29) is 11.8 Å². The summed E-state index contributed by atoms with van der Waals surface area (Å²) in [6.07, 6.45) is 9.42. The van der Waals surface area contributed by atoms with Crippen molar-refractivity contribution in [1.29, 1.82) is 0 Å². The van der Waals surface area contributed by atoms with Gasteiger partial charge in [-0.2, -0.15) is 4.99 Å². The Morgan fingerprint density at radius 3 is 2.65 bits per heavy atom. The van der Waals surface area contributed by atoms with Gasteiger partial charge in [0.2, 0.25) is 0 Å². The van der Waals surface area contributed by atoms with Gasteiger partial charge < -0.3 is 10.3 Å². The molecule has 31 heavy (non-hydrogen) atoms. The van der Waals surface area contributed by atoms with Gasteiger partial charge in [-0.1, -0.05) is 25.3 Å². The van der Waals surface area contributed by atoms with Crippen LogP contribution in [0.25, 0.3) is 0 Å². The molecule has 2 aliphatic heterocycles. The zero-order valence-electron chi connectivity index (χ0n) is 17.8. The van der Waals surface area contributed by atoms with Crippen LogP contribution >= 0.6 is 0 Å². The summed E-state index contributed by atoms with van der Waals surface area (Å²) in [5.74, 6) is 0.450. The lowest BCUT2D eigenvalue weighted by molar-refractivity contribution is 0.180. The summed E-state index contributed by atoms with van der Waals surface area (Å²) < 4.78 is 14.0. The van der Waals surface area contributed by atoms with E-state index in [1.165, 1.54) is 37.1 Å². The number of carbonyl (C=O) groups is 1. The van der Waals surface area contributed by atoms with Gasteiger partial charge in [0.05, 0.1) is 0 Å². The molecule has 3 aliphatic rings. The zero-order chi connectivity index (χ0) is 21.3. The van der Waals surface area contributed by atoms with Crippen molar-refractivity contribution in [2.75, 3.05) is 18.0 Å². The van der Waals surface area contributed by atoms with Gasteiger partial charge in [-0.15, -0.1) is 0 Å². The third-order valence-corrected chi connectivity index (χ3v) is 7.02. The number of aromatic amines is 1. The van der Waals surface area contributed by atoms with E-state index in [0.717, 1.165) is 51.2 Å². The number of urea groups is 1. The van der Waals surface area contributed by atoms with Crippen molar-refractivity contribution in [2.24, 2.45) is 4.99 Å². The average molecular weight is 424 g/mol. The number of nitrogens with one attached hydrogen (secondary N) is 2. The minimum Gasteiger partial charge on any atom is -0.369 e. The van der Waals surface area contributed by atoms with Crippen molar-refractivity contribution >= 4 is 17.6 Å². The maximum Gasteiger partial charge on any atom is 0.350 e. The molecular formula is C24H30FN5O. The van der Waals surface area contributed by atoms with Crippen LogP contribution < -0.4 is 10.2 Å². The number of benzene rings is 1. The highest BCUT2D eigenvalue weighted by molar-refractivity contribution is 6.16. The number of piperidine rings is 1. The van der Waals surface area contributed by atoms with E-state index in [2.05, 4.69) is 26.3 Å². The molecule has 1 saturated heterocycles. The predicted molar refractivity (Wildman–Crippen MR) is 120 cm³/mol. The van der Waals surface area contributed by atoms with Crippen molar-refractivity contribution in [3.8, 4) is 0 Å². The first-order valence-electron chi connectivity index (χ1n) is 11.4. The summed E-state index contributed by atoms with van der Waals surface area (Å²) in [7, 11) is 0. The smallest absolute Gasteiger partial charge is 0.350 e. The fraction of sp³-hybridized carbons (Fsp3) is 0.500. The largest absolute Gasteiger partial charge is 0.369 e. The fourth-order valence-electron chi connectivity index (χ4n) is 5.37. The molecule has 164 valence electrons. The third-order valence-electron chi connectivity index (χ3n) is 7.02. The number of amidine groups is 1. The Morgan fingerprint density at radius 1 is 1.13 bits per heavy atom. The van der Waals surface area contributed by atoms with Crippen molar-refractivity contribution in [2.45, 2.75) is 63.1 Å². The average Bonchev–Trinajstić information content (AvgIpc) is 3.37. The van der Waals surface area contributed by atoms with E-state index < -0.39 is 5.54 Å². The number of likely N-dealkylation sites (tertiary alicyclic amines) is 1. The first-order chi connectivity index (χ1) is 15.1. The van der Waals surface area contributed by atoms with Crippen LogP contribution in [-0.2, 0) is 6.54 Å². The predicted octanol–water partition coefficient (Wildman–Crippen LogP) is 4.45. The Balaban J connectivity index is 1.41. The van der Waals surface area contributed by atoms with Crippen LogP contribution in [0.2, 0.25) is 0 Å². The second-order valence-corrected chi connectivity index (χ2v) is 9.04. The number of hydrogen-bond acceptors (Lipinski definition) is 3. The molecule has 0 atom stereocenters. The number of anilines is 1. The molecule has 0 radical (unpaired) electrons. The van der Waals surface area contributed by atoms with E-state index in [1.807, 2.05) is 18.3 Å². The summed E-state index contributed by atoms with van der Waals surface area (Å²) in [6, 6.07) is 10.5. The number of H-pyrrole nitrogens is 1. The molecule has 1 aromatic heterocycles. The number of rotatable bonds is 4. The SMILES string of the molecule is O=C1N=C(NC2CCCCC2)C2(CCN(Cc3ccc[nH]3)CC2)N1c1cccc(F)c1. The molecule has 2 fully saturated rings. The van der Waals surface area contributed by atoms with Gasteiger partial charge in [-0.25, -0.2) is 9.18 Å². The molecule has 2 amide bonds. The number of halogens is 1. The molecular weight excluding hydrogens is 393 g/mol. The molecule has 0 unspecified atom stereocenters. The van der Waals surface area contributed by atoms with Gasteiger partial charge in [0.1, 0.15) is 17.2 Å². The molecule has 1 aliphatic carbocycles. The highest BCUT2D eigenvalue weighted by atomic mass is 19.1. The van der Waals surface area contributed by atoms with Crippen LogP contribution in [0.4, 0.5) is 14.9 Å². The molecule has 5 rings (SSSR count). The zero-order valence-corrected chi connectivity index (χ0v) is 17.8. The van der Waals surface area contributed by atoms with E-state index in [0.29, 0.717) is 11.7 Å². The third kappa shape index (κ3) is 3.99. The van der Waals surface area contributed by atoms with Crippen LogP contribution in [0.1, 0.15) is 50.6 Å². The Morgan fingerprint density at radius 2 is 1.94 bits per heavy atom. The van der Waals surface area contributed by atoms with Crippen molar-refractivity contribution < 1.29 is 9.18 Å². The van der Waals surface area contributed by atoms with E-state index >= 15 is 0 Å². The molecule has 0 bridgehead atoms. The molecule has 3 heterocycles. The summed E-state index contributed by atoms with van der Waals surface area (Å²) in [6.45, 7) is 2.56. The first kappa shape index (κ1) is 20.2. The lowest BCUT2D eigenvalue weighted by Gasteiger charge is -2.45. The fourth-order valence-corrected chi connectivity index (χ4v) is 5.37. The van der Waals surface area contributed by atoms with Gasteiger partial charge >= 0.3 is 6.03 Å². The number of amides is 2. The molecule has 7 heteroatoms. The molecule has 1 aromatic carbocycles. The van der Waals surface area contributed by atoms with Crippen LogP contribution in [-0.4, -0.2) is 46.4 Å². The molecule has 2 aromatic rings. The second kappa shape index (κ2) is 8.46. The maximum absolute atomic E-state index is 14.0. The van der Waals surface area contributed by atoms with Gasteiger partial charge in [-0.3, -0.25) is 9.80 Å². The highest BCUT2D eigenvalue weighted by Crippen LogP contribution is 2.39. The minimum atomic E-state index is -0.533.